The summed E-state index contributed by atoms with van der Waals surface area (Å²) in [7, 11) is 0. The first kappa shape index (κ1) is 7.37. The minimum Gasteiger partial charge on any atom is -0.297 e. The van der Waals surface area contributed by atoms with Gasteiger partial charge in [-0.2, -0.15) is 0 Å². The molecule has 1 heteroatoms. The van der Waals surface area contributed by atoms with E-state index in [0.717, 1.165) is 29.8 Å². The second-order valence-corrected chi connectivity index (χ2v) is 5.12. The van der Waals surface area contributed by atoms with Crippen LogP contribution in [0.15, 0.2) is 0 Å². The Morgan fingerprint density at radius 3 is 2.75 bits per heavy atom. The maximum atomic E-state index is 2.80. The summed E-state index contributed by atoms with van der Waals surface area (Å²) in [6, 6.07) is 1.88. The number of hydrogen-bond acceptors (Lipinski definition) is 1. The Kier molecular flexibility index (Phi) is 1.39. The minimum absolute atomic E-state index is 0.884. The van der Waals surface area contributed by atoms with Crippen molar-refractivity contribution >= 4 is 0 Å². The third kappa shape index (κ3) is 0.693. The monoisotopic (exact) mass is 165 g/mol. The average molecular weight is 165 g/mol. The molecule has 3 fully saturated rings. The van der Waals surface area contributed by atoms with Crippen molar-refractivity contribution in [1.82, 2.24) is 4.90 Å². The molecule has 6 atom stereocenters. The normalized spacial score (nSPS) is 62.5. The standard InChI is InChI=1S/C11H19N/c1-7-8(2)12-6-10(7)9-4-3-5-11(9)12/h7-11H,3-6H2,1-2H3. The van der Waals surface area contributed by atoms with Crippen LogP contribution >= 0.6 is 0 Å². The zero-order valence-electron chi connectivity index (χ0n) is 8.16. The van der Waals surface area contributed by atoms with Crippen LogP contribution in [0.1, 0.15) is 33.1 Å². The van der Waals surface area contributed by atoms with Crippen molar-refractivity contribution in [3.05, 3.63) is 0 Å². The van der Waals surface area contributed by atoms with E-state index in [-0.39, 0.29) is 0 Å². The van der Waals surface area contributed by atoms with Crippen LogP contribution in [0.3, 0.4) is 0 Å². The molecule has 0 N–H and O–H groups in total. The number of piperidine rings is 1. The first-order valence-corrected chi connectivity index (χ1v) is 5.55. The van der Waals surface area contributed by atoms with Gasteiger partial charge in [0.05, 0.1) is 0 Å². The van der Waals surface area contributed by atoms with E-state index in [1.807, 2.05) is 0 Å². The lowest BCUT2D eigenvalue weighted by Gasteiger charge is -2.36. The predicted molar refractivity (Wildman–Crippen MR) is 50.0 cm³/mol. The molecule has 1 saturated carbocycles. The number of rotatable bonds is 0. The van der Waals surface area contributed by atoms with E-state index < -0.39 is 0 Å². The number of fused-ring (bicyclic) bond motifs is 5. The molecule has 2 saturated heterocycles. The van der Waals surface area contributed by atoms with Gasteiger partial charge in [-0.15, -0.1) is 0 Å². The molecule has 1 aliphatic carbocycles. The predicted octanol–water partition coefficient (Wildman–Crippen LogP) is 2.13. The Morgan fingerprint density at radius 2 is 1.92 bits per heavy atom. The molecule has 2 aliphatic heterocycles. The molecule has 0 aromatic carbocycles. The Hall–Kier alpha value is -0.0400. The fourth-order valence-electron chi connectivity index (χ4n) is 4.08. The summed E-state index contributed by atoms with van der Waals surface area (Å²) in [5, 5.41) is 0. The van der Waals surface area contributed by atoms with E-state index in [0.29, 0.717) is 0 Å². The van der Waals surface area contributed by atoms with Crippen molar-refractivity contribution in [3.8, 4) is 0 Å². The van der Waals surface area contributed by atoms with Crippen LogP contribution < -0.4 is 0 Å². The molecule has 2 bridgehead atoms. The summed E-state index contributed by atoms with van der Waals surface area (Å²) in [5.74, 6) is 3.13. The Labute approximate surface area is 75.1 Å². The molecule has 3 rings (SSSR count). The van der Waals surface area contributed by atoms with Gasteiger partial charge in [-0.05, 0) is 37.5 Å². The van der Waals surface area contributed by atoms with Crippen LogP contribution in [-0.2, 0) is 0 Å². The summed E-state index contributed by atoms with van der Waals surface area (Å²) in [6.45, 7) is 6.32. The third-order valence-electron chi connectivity index (χ3n) is 4.89. The molecule has 12 heavy (non-hydrogen) atoms. The third-order valence-corrected chi connectivity index (χ3v) is 4.89. The highest BCUT2D eigenvalue weighted by Crippen LogP contribution is 2.51. The van der Waals surface area contributed by atoms with E-state index >= 15 is 0 Å². The molecule has 0 spiro atoms. The lowest BCUT2D eigenvalue weighted by atomic mass is 9.79. The summed E-state index contributed by atoms with van der Waals surface area (Å²) in [4.78, 5) is 2.80. The van der Waals surface area contributed by atoms with Gasteiger partial charge in [-0.3, -0.25) is 4.90 Å². The van der Waals surface area contributed by atoms with E-state index in [4.69, 9.17) is 0 Å². The molecule has 6 unspecified atom stereocenters. The summed E-state index contributed by atoms with van der Waals surface area (Å²) < 4.78 is 0. The van der Waals surface area contributed by atoms with Gasteiger partial charge in [-0.1, -0.05) is 13.3 Å². The number of hydrogen-bond donors (Lipinski definition) is 0. The average Bonchev–Trinajstić information content (AvgIpc) is 2.63. The fraction of sp³-hybridized carbons (Fsp3) is 1.00. The molecule has 3 aliphatic rings. The quantitative estimate of drug-likeness (QED) is 0.531. The van der Waals surface area contributed by atoms with Gasteiger partial charge in [0.2, 0.25) is 0 Å². The maximum absolute atomic E-state index is 2.80. The smallest absolute Gasteiger partial charge is 0.0130 e. The molecule has 0 radical (unpaired) electrons. The first-order chi connectivity index (χ1) is 5.79. The zero-order chi connectivity index (χ0) is 8.29. The lowest BCUT2D eigenvalue weighted by molar-refractivity contribution is 0.125. The Balaban J connectivity index is 1.92. The van der Waals surface area contributed by atoms with Crippen molar-refractivity contribution in [3.63, 3.8) is 0 Å². The second-order valence-electron chi connectivity index (χ2n) is 5.12. The van der Waals surface area contributed by atoms with Crippen molar-refractivity contribution in [2.24, 2.45) is 17.8 Å². The Morgan fingerprint density at radius 1 is 1.08 bits per heavy atom. The highest BCUT2D eigenvalue weighted by molar-refractivity contribution is 5.06. The molecule has 68 valence electrons. The second kappa shape index (κ2) is 2.25. The van der Waals surface area contributed by atoms with Gasteiger partial charge in [-0.25, -0.2) is 0 Å². The topological polar surface area (TPSA) is 3.24 Å². The van der Waals surface area contributed by atoms with Gasteiger partial charge in [0, 0.05) is 18.6 Å². The van der Waals surface area contributed by atoms with E-state index in [2.05, 4.69) is 18.7 Å². The molecule has 1 nitrogen and oxygen atoms in total. The molecule has 0 amide bonds. The van der Waals surface area contributed by atoms with Crippen LogP contribution in [0, 0.1) is 17.8 Å². The van der Waals surface area contributed by atoms with Crippen molar-refractivity contribution in [2.75, 3.05) is 6.54 Å². The highest BCUT2D eigenvalue weighted by atomic mass is 15.3. The van der Waals surface area contributed by atoms with Crippen molar-refractivity contribution < 1.29 is 0 Å². The van der Waals surface area contributed by atoms with E-state index in [1.54, 1.807) is 0 Å². The minimum atomic E-state index is 0.884. The highest BCUT2D eigenvalue weighted by Gasteiger charge is 2.54. The largest absolute Gasteiger partial charge is 0.297 e. The van der Waals surface area contributed by atoms with Crippen LogP contribution in [0.4, 0.5) is 0 Å². The summed E-state index contributed by atoms with van der Waals surface area (Å²) >= 11 is 0. The van der Waals surface area contributed by atoms with Crippen molar-refractivity contribution in [1.29, 1.82) is 0 Å². The van der Waals surface area contributed by atoms with Crippen molar-refractivity contribution in [2.45, 2.75) is 45.2 Å². The Bertz CT molecular complexity index is 181. The van der Waals surface area contributed by atoms with Gasteiger partial charge < -0.3 is 0 Å². The van der Waals surface area contributed by atoms with Gasteiger partial charge >= 0.3 is 0 Å². The maximum Gasteiger partial charge on any atom is 0.0130 e. The molecule has 0 aromatic heterocycles. The van der Waals surface area contributed by atoms with Crippen LogP contribution in [-0.4, -0.2) is 23.5 Å². The van der Waals surface area contributed by atoms with Gasteiger partial charge in [0.1, 0.15) is 0 Å². The van der Waals surface area contributed by atoms with Crippen LogP contribution in [0.2, 0.25) is 0 Å². The summed E-state index contributed by atoms with van der Waals surface area (Å²) in [6.07, 6.45) is 4.53. The van der Waals surface area contributed by atoms with E-state index in [1.165, 1.54) is 25.8 Å². The van der Waals surface area contributed by atoms with Gasteiger partial charge in [0.25, 0.3) is 0 Å². The zero-order valence-corrected chi connectivity index (χ0v) is 8.16. The van der Waals surface area contributed by atoms with Crippen LogP contribution in [0.25, 0.3) is 0 Å². The fourth-order valence-corrected chi connectivity index (χ4v) is 4.08. The molecule has 2 heterocycles. The lowest BCUT2D eigenvalue weighted by Crippen LogP contribution is -2.42. The summed E-state index contributed by atoms with van der Waals surface area (Å²) in [5.41, 5.74) is 0. The molecular formula is C11H19N. The molecular weight excluding hydrogens is 146 g/mol. The van der Waals surface area contributed by atoms with Crippen LogP contribution in [0.5, 0.6) is 0 Å². The number of nitrogens with zero attached hydrogens (tertiary/aromatic N) is 1. The first-order valence-electron chi connectivity index (χ1n) is 5.55. The van der Waals surface area contributed by atoms with E-state index in [9.17, 15) is 0 Å². The van der Waals surface area contributed by atoms with Gasteiger partial charge in [0.15, 0.2) is 0 Å². The molecule has 0 aromatic rings. The SMILES string of the molecule is CC1C2CN(C1C)C1CCCC21.